The fraction of sp³-hybridized carbons (Fsp3) is 0.192. The lowest BCUT2D eigenvalue weighted by atomic mass is 9.86. The van der Waals surface area contributed by atoms with Crippen LogP contribution >= 0.6 is 0 Å². The molecular formula is C26H23N7O2. The van der Waals surface area contributed by atoms with Crippen LogP contribution in [0.5, 0.6) is 5.75 Å². The number of hydrogen-bond donors (Lipinski definition) is 1. The van der Waals surface area contributed by atoms with Gasteiger partial charge in [-0.05, 0) is 49.2 Å². The van der Waals surface area contributed by atoms with Crippen molar-refractivity contribution in [3.8, 4) is 11.6 Å². The Bertz CT molecular complexity index is 1550. The van der Waals surface area contributed by atoms with Gasteiger partial charge in [-0.1, -0.05) is 42.0 Å². The summed E-state index contributed by atoms with van der Waals surface area (Å²) in [5.74, 6) is 1.83. The molecule has 0 saturated heterocycles. The van der Waals surface area contributed by atoms with Gasteiger partial charge < -0.3 is 10.1 Å². The largest absolute Gasteiger partial charge is 0.489 e. The molecule has 0 saturated carbocycles. The molecule has 1 aliphatic heterocycles. The molecule has 174 valence electrons. The topological polar surface area (TPSA) is 99.2 Å². The van der Waals surface area contributed by atoms with Crippen LogP contribution in [0, 0.1) is 13.8 Å². The smallest absolute Gasteiger partial charge is 0.226 e. The van der Waals surface area contributed by atoms with Gasteiger partial charge in [0.1, 0.15) is 24.5 Å². The second-order valence-corrected chi connectivity index (χ2v) is 8.74. The van der Waals surface area contributed by atoms with Gasteiger partial charge in [-0.15, -0.1) is 15.3 Å². The third-order valence-corrected chi connectivity index (χ3v) is 6.24. The van der Waals surface area contributed by atoms with E-state index in [1.54, 1.807) is 9.20 Å². The number of amides is 1. The van der Waals surface area contributed by atoms with Gasteiger partial charge >= 0.3 is 0 Å². The summed E-state index contributed by atoms with van der Waals surface area (Å²) in [7, 11) is 0. The molecule has 2 aromatic carbocycles. The third-order valence-electron chi connectivity index (χ3n) is 6.24. The Morgan fingerprint density at radius 3 is 2.74 bits per heavy atom. The number of aromatic nitrogens is 6. The van der Waals surface area contributed by atoms with Gasteiger partial charge in [0, 0.05) is 17.9 Å². The summed E-state index contributed by atoms with van der Waals surface area (Å²) in [6.07, 6.45) is 1.88. The number of hydrogen-bond acceptors (Lipinski definition) is 6. The van der Waals surface area contributed by atoms with Gasteiger partial charge in [0.25, 0.3) is 0 Å². The molecule has 35 heavy (non-hydrogen) atoms. The number of nitrogens with one attached hydrogen (secondary N) is 1. The molecule has 0 spiro atoms. The molecule has 6 rings (SSSR count). The fourth-order valence-electron chi connectivity index (χ4n) is 4.59. The maximum Gasteiger partial charge on any atom is 0.226 e. The highest BCUT2D eigenvalue weighted by atomic mass is 16.5. The predicted octanol–water partition coefficient (Wildman–Crippen LogP) is 3.98. The van der Waals surface area contributed by atoms with Gasteiger partial charge in [0.2, 0.25) is 5.91 Å². The lowest BCUT2D eigenvalue weighted by Gasteiger charge is -2.24. The van der Waals surface area contributed by atoms with E-state index >= 15 is 0 Å². The number of fused-ring (bicyclic) bond motifs is 2. The minimum absolute atomic E-state index is 0.0613. The van der Waals surface area contributed by atoms with Crippen molar-refractivity contribution in [2.24, 2.45) is 0 Å². The number of rotatable bonds is 5. The van der Waals surface area contributed by atoms with Crippen LogP contribution in [0.3, 0.4) is 0 Å². The summed E-state index contributed by atoms with van der Waals surface area (Å²) in [6, 6.07) is 19.9. The number of benzene rings is 2. The Kier molecular flexibility index (Phi) is 5.02. The number of nitrogens with zero attached hydrogens (tertiary/aromatic N) is 6. The first-order valence-corrected chi connectivity index (χ1v) is 11.4. The average molecular weight is 466 g/mol. The zero-order valence-electron chi connectivity index (χ0n) is 19.3. The van der Waals surface area contributed by atoms with Crippen molar-refractivity contribution < 1.29 is 9.53 Å². The molecule has 5 aromatic rings. The molecule has 1 aliphatic rings. The van der Waals surface area contributed by atoms with E-state index in [0.29, 0.717) is 30.3 Å². The molecule has 0 radical (unpaired) electrons. The van der Waals surface area contributed by atoms with E-state index in [2.05, 4.69) is 45.7 Å². The summed E-state index contributed by atoms with van der Waals surface area (Å²) >= 11 is 0. The SMILES string of the molecule is Cc1cccc(COc2ccc(C3CC(=O)Nc4c3c(C)nn4-c3ccc4nncn4n3)cc2)c1. The summed E-state index contributed by atoms with van der Waals surface area (Å²) < 4.78 is 9.23. The van der Waals surface area contributed by atoms with Crippen LogP contribution in [-0.4, -0.2) is 35.5 Å². The van der Waals surface area contributed by atoms with Gasteiger partial charge in [-0.2, -0.15) is 14.3 Å². The average Bonchev–Trinajstić information content (AvgIpc) is 3.46. The Balaban J connectivity index is 1.29. The highest BCUT2D eigenvalue weighted by molar-refractivity contribution is 5.95. The summed E-state index contributed by atoms with van der Waals surface area (Å²) in [5.41, 5.74) is 5.84. The van der Waals surface area contributed by atoms with Crippen LogP contribution in [0.15, 0.2) is 67.0 Å². The van der Waals surface area contributed by atoms with Crippen LogP contribution in [0.2, 0.25) is 0 Å². The van der Waals surface area contributed by atoms with Crippen molar-refractivity contribution in [1.29, 1.82) is 0 Å². The van der Waals surface area contributed by atoms with E-state index in [-0.39, 0.29) is 11.8 Å². The molecule has 0 bridgehead atoms. The van der Waals surface area contributed by atoms with Crippen molar-refractivity contribution in [2.75, 3.05) is 5.32 Å². The van der Waals surface area contributed by atoms with E-state index in [1.807, 2.05) is 49.4 Å². The number of carbonyl (C=O) groups is 1. The molecular weight excluding hydrogens is 442 g/mol. The second kappa shape index (κ2) is 8.35. The van der Waals surface area contributed by atoms with Crippen LogP contribution in [0.25, 0.3) is 11.5 Å². The minimum Gasteiger partial charge on any atom is -0.489 e. The van der Waals surface area contributed by atoms with E-state index < -0.39 is 0 Å². The molecule has 0 fully saturated rings. The van der Waals surface area contributed by atoms with Crippen LogP contribution in [-0.2, 0) is 11.4 Å². The summed E-state index contributed by atoms with van der Waals surface area (Å²) in [5, 5.41) is 20.1. The van der Waals surface area contributed by atoms with E-state index in [4.69, 9.17) is 9.84 Å². The van der Waals surface area contributed by atoms with Gasteiger partial charge in [0.05, 0.1) is 5.69 Å². The number of ether oxygens (including phenoxy) is 1. The summed E-state index contributed by atoms with van der Waals surface area (Å²) in [6.45, 7) is 4.53. The molecule has 9 nitrogen and oxygen atoms in total. The molecule has 4 heterocycles. The van der Waals surface area contributed by atoms with Crippen molar-refractivity contribution >= 4 is 17.4 Å². The van der Waals surface area contributed by atoms with Gasteiger partial charge in [-0.3, -0.25) is 4.79 Å². The number of aryl methyl sites for hydroxylation is 2. The number of carbonyl (C=O) groups excluding carboxylic acids is 1. The van der Waals surface area contributed by atoms with Gasteiger partial charge in [-0.25, -0.2) is 0 Å². The maximum absolute atomic E-state index is 12.7. The van der Waals surface area contributed by atoms with Crippen LogP contribution in [0.4, 0.5) is 5.82 Å². The Morgan fingerprint density at radius 1 is 1.06 bits per heavy atom. The molecule has 3 aromatic heterocycles. The quantitative estimate of drug-likeness (QED) is 0.422. The first-order valence-electron chi connectivity index (χ1n) is 11.4. The minimum atomic E-state index is -0.114. The Morgan fingerprint density at radius 2 is 1.91 bits per heavy atom. The highest BCUT2D eigenvalue weighted by Crippen LogP contribution is 2.40. The summed E-state index contributed by atoms with van der Waals surface area (Å²) in [4.78, 5) is 12.7. The van der Waals surface area contributed by atoms with Crippen molar-refractivity contribution in [2.45, 2.75) is 32.8 Å². The predicted molar refractivity (Wildman–Crippen MR) is 130 cm³/mol. The van der Waals surface area contributed by atoms with Crippen LogP contribution in [0.1, 0.15) is 40.3 Å². The molecule has 1 N–H and O–H groups in total. The molecule has 0 aliphatic carbocycles. The van der Waals surface area contributed by atoms with Crippen molar-refractivity contribution in [3.05, 3.63) is 94.9 Å². The maximum atomic E-state index is 12.7. The zero-order valence-corrected chi connectivity index (χ0v) is 19.3. The standard InChI is InChI=1S/C26H23N7O2/c1-16-4-3-5-18(12-16)14-35-20-8-6-19(7-9-20)21-13-24(34)28-26-25(21)17(2)30-33(26)23-11-10-22-29-27-15-32(22)31-23/h3-12,15,21H,13-14H2,1-2H3,(H,28,34). The van der Waals surface area contributed by atoms with E-state index in [1.165, 1.54) is 11.9 Å². The molecule has 1 unspecified atom stereocenters. The molecule has 1 atom stereocenters. The first-order chi connectivity index (χ1) is 17.0. The third kappa shape index (κ3) is 3.90. The van der Waals surface area contributed by atoms with E-state index in [0.717, 1.165) is 28.1 Å². The van der Waals surface area contributed by atoms with Crippen molar-refractivity contribution in [1.82, 2.24) is 29.6 Å². The lowest BCUT2D eigenvalue weighted by Crippen LogP contribution is -2.25. The van der Waals surface area contributed by atoms with Crippen molar-refractivity contribution in [3.63, 3.8) is 0 Å². The monoisotopic (exact) mass is 465 g/mol. The molecule has 9 heteroatoms. The number of anilines is 1. The fourth-order valence-corrected chi connectivity index (χ4v) is 4.59. The molecule has 1 amide bonds. The normalized spacial score (nSPS) is 15.1. The first kappa shape index (κ1) is 21.0. The van der Waals surface area contributed by atoms with Crippen LogP contribution < -0.4 is 10.1 Å². The van der Waals surface area contributed by atoms with E-state index in [9.17, 15) is 4.79 Å². The second-order valence-electron chi connectivity index (χ2n) is 8.74. The Hall–Kier alpha value is -4.53. The zero-order chi connectivity index (χ0) is 23.9. The lowest BCUT2D eigenvalue weighted by molar-refractivity contribution is -0.116. The highest BCUT2D eigenvalue weighted by Gasteiger charge is 2.33. The Labute approximate surface area is 201 Å². The van der Waals surface area contributed by atoms with Gasteiger partial charge in [0.15, 0.2) is 11.5 Å².